The van der Waals surface area contributed by atoms with Crippen molar-refractivity contribution in [3.63, 3.8) is 0 Å². The van der Waals surface area contributed by atoms with Crippen LogP contribution in [-0.2, 0) is 4.79 Å². The summed E-state index contributed by atoms with van der Waals surface area (Å²) in [7, 11) is 0. The van der Waals surface area contributed by atoms with E-state index in [1.807, 2.05) is 6.07 Å². The molecule has 1 unspecified atom stereocenters. The second-order valence-electron chi connectivity index (χ2n) is 3.60. The Morgan fingerprint density at radius 2 is 2.16 bits per heavy atom. The van der Waals surface area contributed by atoms with Gasteiger partial charge in [-0.05, 0) is 18.2 Å². The van der Waals surface area contributed by atoms with Crippen LogP contribution < -0.4 is 5.32 Å². The zero-order chi connectivity index (χ0) is 13.1. The first-order valence-corrected chi connectivity index (χ1v) is 5.91. The molecular formula is C11H11BrClN3O3. The molecule has 0 saturated heterocycles. The van der Waals surface area contributed by atoms with Gasteiger partial charge in [0, 0.05) is 9.86 Å². The van der Waals surface area contributed by atoms with E-state index in [0.29, 0.717) is 16.7 Å². The van der Waals surface area contributed by atoms with Gasteiger partial charge in [0.05, 0.1) is 12.1 Å². The molecule has 1 aromatic carbocycles. The Bertz CT molecular complexity index is 596. The van der Waals surface area contributed by atoms with E-state index in [2.05, 4.69) is 31.2 Å². The van der Waals surface area contributed by atoms with E-state index < -0.39 is 18.6 Å². The molecule has 1 atom stereocenters. The van der Waals surface area contributed by atoms with Crippen LogP contribution in [0.3, 0.4) is 0 Å². The van der Waals surface area contributed by atoms with Crippen molar-refractivity contribution in [1.29, 1.82) is 0 Å². The van der Waals surface area contributed by atoms with E-state index in [1.165, 1.54) is 6.33 Å². The summed E-state index contributed by atoms with van der Waals surface area (Å²) >= 11 is 3.33. The van der Waals surface area contributed by atoms with Crippen LogP contribution in [0.4, 0.5) is 5.82 Å². The molecule has 19 heavy (non-hydrogen) atoms. The predicted octanol–water partition coefficient (Wildman–Crippen LogP) is 1.67. The largest absolute Gasteiger partial charge is 0.480 e. The molecule has 1 aromatic heterocycles. The van der Waals surface area contributed by atoms with Gasteiger partial charge in [0.2, 0.25) is 0 Å². The van der Waals surface area contributed by atoms with Crippen molar-refractivity contribution in [2.75, 3.05) is 11.9 Å². The van der Waals surface area contributed by atoms with Gasteiger partial charge in [-0.25, -0.2) is 14.8 Å². The van der Waals surface area contributed by atoms with Gasteiger partial charge in [-0.15, -0.1) is 12.4 Å². The number of nitrogens with one attached hydrogen (secondary N) is 1. The lowest BCUT2D eigenvalue weighted by molar-refractivity contribution is -0.138. The molecule has 102 valence electrons. The number of benzene rings is 1. The number of rotatable bonds is 4. The van der Waals surface area contributed by atoms with E-state index >= 15 is 0 Å². The van der Waals surface area contributed by atoms with Gasteiger partial charge in [-0.2, -0.15) is 0 Å². The molecule has 2 aromatic rings. The minimum Gasteiger partial charge on any atom is -0.480 e. The Morgan fingerprint density at radius 3 is 2.79 bits per heavy atom. The number of fused-ring (bicyclic) bond motifs is 1. The van der Waals surface area contributed by atoms with Crippen LogP contribution in [0.15, 0.2) is 29.0 Å². The minimum absolute atomic E-state index is 0. The highest BCUT2D eigenvalue weighted by Crippen LogP contribution is 2.23. The first kappa shape index (κ1) is 15.6. The van der Waals surface area contributed by atoms with Crippen LogP contribution in [0.25, 0.3) is 10.9 Å². The molecule has 2 rings (SSSR count). The van der Waals surface area contributed by atoms with Gasteiger partial charge in [0.1, 0.15) is 18.2 Å². The van der Waals surface area contributed by atoms with Crippen molar-refractivity contribution in [2.45, 2.75) is 6.04 Å². The number of aliphatic carboxylic acids is 1. The normalized spacial score (nSPS) is 11.7. The first-order chi connectivity index (χ1) is 8.61. The third-order valence-electron chi connectivity index (χ3n) is 2.39. The molecule has 0 bridgehead atoms. The number of aliphatic hydroxyl groups is 1. The van der Waals surface area contributed by atoms with Crippen LogP contribution >= 0.6 is 28.3 Å². The number of carboxylic acid groups (broad SMARTS) is 1. The van der Waals surface area contributed by atoms with Crippen molar-refractivity contribution in [3.05, 3.63) is 29.0 Å². The highest BCUT2D eigenvalue weighted by atomic mass is 79.9. The lowest BCUT2D eigenvalue weighted by Gasteiger charge is -2.13. The molecule has 3 N–H and O–H groups in total. The maximum atomic E-state index is 10.9. The maximum Gasteiger partial charge on any atom is 0.328 e. The molecule has 0 aliphatic heterocycles. The molecule has 0 saturated carbocycles. The Kier molecular flexibility index (Phi) is 5.46. The van der Waals surface area contributed by atoms with Gasteiger partial charge < -0.3 is 15.5 Å². The van der Waals surface area contributed by atoms with Crippen molar-refractivity contribution < 1.29 is 15.0 Å². The highest BCUT2D eigenvalue weighted by molar-refractivity contribution is 9.10. The monoisotopic (exact) mass is 347 g/mol. The quantitative estimate of drug-likeness (QED) is 0.778. The molecule has 0 aliphatic carbocycles. The molecule has 1 heterocycles. The van der Waals surface area contributed by atoms with E-state index in [-0.39, 0.29) is 12.4 Å². The zero-order valence-corrected chi connectivity index (χ0v) is 12.0. The first-order valence-electron chi connectivity index (χ1n) is 5.12. The van der Waals surface area contributed by atoms with Crippen molar-refractivity contribution >= 4 is 51.0 Å². The zero-order valence-electron chi connectivity index (χ0n) is 9.58. The number of aliphatic hydroxyl groups excluding tert-OH is 1. The van der Waals surface area contributed by atoms with Crippen molar-refractivity contribution in [2.24, 2.45) is 0 Å². The summed E-state index contributed by atoms with van der Waals surface area (Å²) in [5.41, 5.74) is 0.692. The average Bonchev–Trinajstić information content (AvgIpc) is 2.35. The Balaban J connectivity index is 0.00000180. The van der Waals surface area contributed by atoms with Crippen LogP contribution in [0.5, 0.6) is 0 Å². The lowest BCUT2D eigenvalue weighted by Crippen LogP contribution is -2.33. The number of nitrogens with zero attached hydrogens (tertiary/aromatic N) is 2. The summed E-state index contributed by atoms with van der Waals surface area (Å²) in [5.74, 6) is -0.762. The fourth-order valence-electron chi connectivity index (χ4n) is 1.49. The summed E-state index contributed by atoms with van der Waals surface area (Å²) < 4.78 is 0.837. The molecule has 0 aliphatic rings. The van der Waals surface area contributed by atoms with Gasteiger partial charge in [-0.1, -0.05) is 15.9 Å². The summed E-state index contributed by atoms with van der Waals surface area (Å²) in [6.07, 6.45) is 1.34. The van der Waals surface area contributed by atoms with Crippen LogP contribution in [-0.4, -0.2) is 38.8 Å². The number of hydrogen-bond acceptors (Lipinski definition) is 5. The smallest absolute Gasteiger partial charge is 0.328 e. The van der Waals surface area contributed by atoms with Gasteiger partial charge in [0.25, 0.3) is 0 Å². The topological polar surface area (TPSA) is 95.3 Å². The molecule has 0 radical (unpaired) electrons. The van der Waals surface area contributed by atoms with Crippen molar-refractivity contribution in [1.82, 2.24) is 9.97 Å². The molecule has 6 nitrogen and oxygen atoms in total. The van der Waals surface area contributed by atoms with Crippen LogP contribution in [0.1, 0.15) is 0 Å². The fourth-order valence-corrected chi connectivity index (χ4v) is 1.86. The standard InChI is InChI=1S/C11H10BrN3O3.ClH/c12-6-1-2-8-7(3-6)10(14-5-13-8)15-9(4-16)11(17)18;/h1-3,5,9,16H,4H2,(H,17,18)(H,13,14,15);1H. The number of aromatic nitrogens is 2. The second kappa shape index (κ2) is 6.65. The molecule has 0 spiro atoms. The fraction of sp³-hybridized carbons (Fsp3) is 0.182. The predicted molar refractivity (Wildman–Crippen MR) is 76.6 cm³/mol. The SMILES string of the molecule is Cl.O=C(O)C(CO)Nc1ncnc2ccc(Br)cc12. The van der Waals surface area contributed by atoms with Gasteiger partial charge in [0.15, 0.2) is 0 Å². The van der Waals surface area contributed by atoms with E-state index in [4.69, 9.17) is 10.2 Å². The maximum absolute atomic E-state index is 10.9. The number of carbonyl (C=O) groups is 1. The van der Waals surface area contributed by atoms with E-state index in [9.17, 15) is 4.79 Å². The summed E-state index contributed by atoms with van der Waals surface area (Å²) in [6.45, 7) is -0.519. The van der Waals surface area contributed by atoms with Gasteiger partial charge in [-0.3, -0.25) is 0 Å². The highest BCUT2D eigenvalue weighted by Gasteiger charge is 2.17. The molecule has 0 amide bonds. The van der Waals surface area contributed by atoms with E-state index in [0.717, 1.165) is 4.47 Å². The third kappa shape index (κ3) is 3.52. The summed E-state index contributed by atoms with van der Waals surface area (Å²) in [5, 5.41) is 21.2. The van der Waals surface area contributed by atoms with Gasteiger partial charge >= 0.3 is 5.97 Å². The number of anilines is 1. The Morgan fingerprint density at radius 1 is 1.42 bits per heavy atom. The second-order valence-corrected chi connectivity index (χ2v) is 4.52. The molecule has 8 heteroatoms. The Labute approximate surface area is 123 Å². The summed E-state index contributed by atoms with van der Waals surface area (Å²) in [6, 6.07) is 4.32. The van der Waals surface area contributed by atoms with E-state index in [1.54, 1.807) is 12.1 Å². The van der Waals surface area contributed by atoms with Crippen molar-refractivity contribution in [3.8, 4) is 0 Å². The number of hydrogen-bond donors (Lipinski definition) is 3. The average molecular weight is 349 g/mol. The molecular weight excluding hydrogens is 337 g/mol. The number of carboxylic acids is 1. The summed E-state index contributed by atoms with van der Waals surface area (Å²) in [4.78, 5) is 18.9. The minimum atomic E-state index is -1.14. The lowest BCUT2D eigenvalue weighted by atomic mass is 10.2. The Hall–Kier alpha value is -1.44. The molecule has 0 fully saturated rings. The van der Waals surface area contributed by atoms with Crippen LogP contribution in [0.2, 0.25) is 0 Å². The third-order valence-corrected chi connectivity index (χ3v) is 2.88. The van der Waals surface area contributed by atoms with Crippen LogP contribution in [0, 0.1) is 0 Å². The number of halogens is 2.